The van der Waals surface area contributed by atoms with Gasteiger partial charge in [-0.3, -0.25) is 0 Å². The molecule has 0 aromatic carbocycles. The van der Waals surface area contributed by atoms with Gasteiger partial charge in [0, 0.05) is 6.04 Å². The lowest BCUT2D eigenvalue weighted by Gasteiger charge is -2.24. The molecule has 1 saturated carbocycles. The minimum absolute atomic E-state index is 0.323. The van der Waals surface area contributed by atoms with Gasteiger partial charge in [-0.2, -0.15) is 8.78 Å². The normalized spacial score (nSPS) is 28.1. The molecule has 0 aromatic heterocycles. The smallest absolute Gasteiger partial charge is 0.330 e. The molecule has 1 rings (SSSR count). The second kappa shape index (κ2) is 5.82. The Morgan fingerprint density at radius 3 is 2.44 bits per heavy atom. The Bertz CT molecular complexity index is 213. The zero-order valence-electron chi connectivity index (χ0n) is 8.97. The van der Waals surface area contributed by atoms with Crippen molar-refractivity contribution in [2.45, 2.75) is 56.6 Å². The van der Waals surface area contributed by atoms with Gasteiger partial charge in [-0.1, -0.05) is 19.3 Å². The van der Waals surface area contributed by atoms with Crippen molar-refractivity contribution >= 4 is 0 Å². The van der Waals surface area contributed by atoms with Crippen molar-refractivity contribution in [3.8, 4) is 0 Å². The lowest BCUT2D eigenvalue weighted by molar-refractivity contribution is -0.178. The highest BCUT2D eigenvalue weighted by molar-refractivity contribution is 4.78. The fourth-order valence-corrected chi connectivity index (χ4v) is 1.79. The number of hydrogen-bond acceptors (Lipinski definition) is 2. The number of alkyl halides is 4. The van der Waals surface area contributed by atoms with Crippen LogP contribution in [0.4, 0.5) is 17.6 Å². The van der Waals surface area contributed by atoms with Crippen molar-refractivity contribution in [3.05, 3.63) is 0 Å². The monoisotopic (exact) mass is 243 g/mol. The SMILES string of the molecule is NC1CCCCCC1OCC(F)(F)C(F)F. The van der Waals surface area contributed by atoms with Crippen LogP contribution in [0.1, 0.15) is 32.1 Å². The molecule has 0 aliphatic heterocycles. The quantitative estimate of drug-likeness (QED) is 0.608. The summed E-state index contributed by atoms with van der Waals surface area (Å²) in [5, 5.41) is 0. The maximum Gasteiger partial charge on any atom is 0.330 e. The second-order valence-corrected chi connectivity index (χ2v) is 4.21. The highest BCUT2D eigenvalue weighted by atomic mass is 19.3. The molecule has 0 amide bonds. The predicted octanol–water partition coefficient (Wildman–Crippen LogP) is 2.56. The summed E-state index contributed by atoms with van der Waals surface area (Å²) in [5.74, 6) is -4.08. The van der Waals surface area contributed by atoms with Gasteiger partial charge in [0.1, 0.15) is 6.61 Å². The van der Waals surface area contributed by atoms with Crippen LogP contribution in [0.15, 0.2) is 0 Å². The van der Waals surface area contributed by atoms with Gasteiger partial charge in [-0.25, -0.2) is 8.78 Å². The average Bonchev–Trinajstić information content (AvgIpc) is 2.40. The predicted molar refractivity (Wildman–Crippen MR) is 51.8 cm³/mol. The highest BCUT2D eigenvalue weighted by Gasteiger charge is 2.42. The molecule has 96 valence electrons. The van der Waals surface area contributed by atoms with Crippen molar-refractivity contribution < 1.29 is 22.3 Å². The molecule has 0 spiro atoms. The van der Waals surface area contributed by atoms with E-state index in [1.54, 1.807) is 0 Å². The minimum atomic E-state index is -4.08. The largest absolute Gasteiger partial charge is 0.370 e. The zero-order valence-corrected chi connectivity index (χ0v) is 8.97. The Kier molecular flexibility index (Phi) is 4.98. The van der Waals surface area contributed by atoms with Crippen LogP contribution in [-0.2, 0) is 4.74 Å². The van der Waals surface area contributed by atoms with E-state index in [0.29, 0.717) is 12.8 Å². The van der Waals surface area contributed by atoms with Crippen molar-refractivity contribution in [1.82, 2.24) is 0 Å². The molecular formula is C10H17F4NO. The molecule has 0 bridgehead atoms. The topological polar surface area (TPSA) is 35.2 Å². The minimum Gasteiger partial charge on any atom is -0.370 e. The third kappa shape index (κ3) is 3.90. The Labute approximate surface area is 92.1 Å². The van der Waals surface area contributed by atoms with E-state index in [-0.39, 0.29) is 6.04 Å². The van der Waals surface area contributed by atoms with Crippen LogP contribution in [0.5, 0.6) is 0 Å². The fraction of sp³-hybridized carbons (Fsp3) is 1.00. The standard InChI is InChI=1S/C10H17F4NO/c11-9(12)10(13,14)6-16-8-5-3-1-2-4-7(8)15/h7-9H,1-6,15H2. The number of rotatable bonds is 4. The van der Waals surface area contributed by atoms with E-state index in [2.05, 4.69) is 0 Å². The lowest BCUT2D eigenvalue weighted by Crippen LogP contribution is -2.40. The number of halogens is 4. The van der Waals surface area contributed by atoms with Crippen molar-refractivity contribution in [2.75, 3.05) is 6.61 Å². The molecule has 1 fully saturated rings. The molecule has 1 aliphatic carbocycles. The summed E-state index contributed by atoms with van der Waals surface area (Å²) in [7, 11) is 0. The van der Waals surface area contributed by atoms with Gasteiger partial charge >= 0.3 is 12.3 Å². The van der Waals surface area contributed by atoms with E-state index < -0.39 is 25.1 Å². The van der Waals surface area contributed by atoms with Gasteiger partial charge in [-0.05, 0) is 12.8 Å². The van der Waals surface area contributed by atoms with Gasteiger partial charge in [0.25, 0.3) is 0 Å². The van der Waals surface area contributed by atoms with Gasteiger partial charge in [0.15, 0.2) is 0 Å². The Balaban J connectivity index is 2.40. The Morgan fingerprint density at radius 1 is 1.19 bits per heavy atom. The van der Waals surface area contributed by atoms with E-state index in [0.717, 1.165) is 19.3 Å². The van der Waals surface area contributed by atoms with Gasteiger partial charge in [0.2, 0.25) is 0 Å². The first-order valence-corrected chi connectivity index (χ1v) is 5.46. The molecule has 0 heterocycles. The van der Waals surface area contributed by atoms with Crippen LogP contribution in [0, 0.1) is 0 Å². The third-order valence-corrected chi connectivity index (χ3v) is 2.81. The summed E-state index contributed by atoms with van der Waals surface area (Å²) in [4.78, 5) is 0. The molecule has 0 saturated heterocycles. The van der Waals surface area contributed by atoms with Crippen LogP contribution in [-0.4, -0.2) is 31.1 Å². The molecule has 0 aromatic rings. The average molecular weight is 243 g/mol. The molecule has 16 heavy (non-hydrogen) atoms. The fourth-order valence-electron chi connectivity index (χ4n) is 1.79. The molecule has 1 aliphatic rings. The van der Waals surface area contributed by atoms with Crippen molar-refractivity contribution in [3.63, 3.8) is 0 Å². The number of ether oxygens (including phenoxy) is 1. The van der Waals surface area contributed by atoms with E-state index >= 15 is 0 Å². The van der Waals surface area contributed by atoms with E-state index in [1.807, 2.05) is 0 Å². The number of nitrogens with two attached hydrogens (primary N) is 1. The summed E-state index contributed by atoms with van der Waals surface area (Å²) in [6.07, 6.45) is -0.170. The lowest BCUT2D eigenvalue weighted by atomic mass is 10.1. The van der Waals surface area contributed by atoms with Crippen molar-refractivity contribution in [2.24, 2.45) is 5.73 Å². The summed E-state index contributed by atoms with van der Waals surface area (Å²) >= 11 is 0. The van der Waals surface area contributed by atoms with Gasteiger partial charge in [-0.15, -0.1) is 0 Å². The van der Waals surface area contributed by atoms with Gasteiger partial charge in [0.05, 0.1) is 6.10 Å². The second-order valence-electron chi connectivity index (χ2n) is 4.21. The molecule has 2 N–H and O–H groups in total. The first-order chi connectivity index (χ1) is 7.43. The van der Waals surface area contributed by atoms with E-state index in [1.165, 1.54) is 0 Å². The molecule has 2 nitrogen and oxygen atoms in total. The zero-order chi connectivity index (χ0) is 12.2. The summed E-state index contributed by atoms with van der Waals surface area (Å²) in [6.45, 7) is -1.25. The highest BCUT2D eigenvalue weighted by Crippen LogP contribution is 2.26. The van der Waals surface area contributed by atoms with E-state index in [4.69, 9.17) is 10.5 Å². The van der Waals surface area contributed by atoms with Crippen molar-refractivity contribution in [1.29, 1.82) is 0 Å². The summed E-state index contributed by atoms with van der Waals surface area (Å²) < 4.78 is 53.8. The first-order valence-electron chi connectivity index (χ1n) is 5.46. The molecule has 2 atom stereocenters. The van der Waals surface area contributed by atoms with E-state index in [9.17, 15) is 17.6 Å². The Hall–Kier alpha value is -0.360. The number of hydrogen-bond donors (Lipinski definition) is 1. The van der Waals surface area contributed by atoms with Crippen LogP contribution in [0.25, 0.3) is 0 Å². The maximum absolute atomic E-state index is 12.6. The first kappa shape index (κ1) is 13.7. The summed E-state index contributed by atoms with van der Waals surface area (Å²) in [5.41, 5.74) is 5.73. The van der Waals surface area contributed by atoms with Crippen LogP contribution in [0.3, 0.4) is 0 Å². The molecular weight excluding hydrogens is 226 g/mol. The summed E-state index contributed by atoms with van der Waals surface area (Å²) in [6, 6.07) is -0.323. The Morgan fingerprint density at radius 2 is 1.81 bits per heavy atom. The molecule has 6 heteroatoms. The van der Waals surface area contributed by atoms with Gasteiger partial charge < -0.3 is 10.5 Å². The molecule has 0 radical (unpaired) electrons. The van der Waals surface area contributed by atoms with Crippen LogP contribution in [0.2, 0.25) is 0 Å². The maximum atomic E-state index is 12.6. The molecule has 2 unspecified atom stereocenters. The van der Waals surface area contributed by atoms with Crippen LogP contribution >= 0.6 is 0 Å². The third-order valence-electron chi connectivity index (χ3n) is 2.81. The van der Waals surface area contributed by atoms with Crippen LogP contribution < -0.4 is 5.73 Å².